The van der Waals surface area contributed by atoms with Gasteiger partial charge in [-0.15, -0.1) is 0 Å². The number of H-pyrrole nitrogens is 1. The van der Waals surface area contributed by atoms with Crippen molar-refractivity contribution in [3.8, 4) is 5.75 Å². The van der Waals surface area contributed by atoms with Crippen molar-refractivity contribution in [3.63, 3.8) is 0 Å². The normalized spacial score (nSPS) is 10.4. The molecule has 0 radical (unpaired) electrons. The Kier molecular flexibility index (Phi) is 3.25. The molecule has 2 aromatic rings. The van der Waals surface area contributed by atoms with Gasteiger partial charge in [-0.3, -0.25) is 4.79 Å². The summed E-state index contributed by atoms with van der Waals surface area (Å²) in [7, 11) is 2.70. The molecule has 0 amide bonds. The van der Waals surface area contributed by atoms with Crippen molar-refractivity contribution in [1.82, 2.24) is 4.98 Å². The van der Waals surface area contributed by atoms with Crippen molar-refractivity contribution in [2.45, 2.75) is 0 Å². The Hall–Kier alpha value is -2.01. The predicted octanol–water partition coefficient (Wildman–Crippen LogP) is 1.98. The zero-order chi connectivity index (χ0) is 13.3. The monoisotopic (exact) mass is 267 g/mol. The number of fused-ring (bicyclic) bond motifs is 1. The van der Waals surface area contributed by atoms with Crippen LogP contribution < -0.4 is 10.2 Å². The highest BCUT2D eigenvalue weighted by atomic mass is 35.5. The third-order valence-corrected chi connectivity index (χ3v) is 2.80. The summed E-state index contributed by atoms with van der Waals surface area (Å²) in [6.45, 7) is 0. The molecule has 1 N–H and O–H groups in total. The topological polar surface area (TPSA) is 68.4 Å². The summed E-state index contributed by atoms with van der Waals surface area (Å²) in [6.07, 6.45) is 0. The maximum atomic E-state index is 11.9. The number of hydrogen-bond acceptors (Lipinski definition) is 4. The minimum Gasteiger partial charge on any atom is -0.495 e. The van der Waals surface area contributed by atoms with Crippen molar-refractivity contribution in [2.24, 2.45) is 0 Å². The Morgan fingerprint density at radius 2 is 2.00 bits per heavy atom. The Labute approximate surface area is 107 Å². The number of nitrogens with one attached hydrogen (secondary N) is 1. The number of pyridine rings is 1. The van der Waals surface area contributed by atoms with Crippen LogP contribution in [0.15, 0.2) is 23.0 Å². The fraction of sp³-hybridized carbons (Fsp3) is 0.167. The minimum absolute atomic E-state index is 0.0798. The number of hydrogen-bond donors (Lipinski definition) is 1. The van der Waals surface area contributed by atoms with Crippen molar-refractivity contribution >= 4 is 28.5 Å². The molecular formula is C12H10ClNO4. The maximum Gasteiger partial charge on any atom is 0.354 e. The number of halogens is 1. The van der Waals surface area contributed by atoms with Gasteiger partial charge in [0.25, 0.3) is 0 Å². The van der Waals surface area contributed by atoms with Crippen molar-refractivity contribution in [1.29, 1.82) is 0 Å². The summed E-state index contributed by atoms with van der Waals surface area (Å²) >= 11 is 5.96. The molecule has 1 aromatic heterocycles. The Morgan fingerprint density at radius 3 is 2.61 bits per heavy atom. The van der Waals surface area contributed by atoms with Gasteiger partial charge in [0, 0.05) is 11.5 Å². The van der Waals surface area contributed by atoms with E-state index < -0.39 is 5.97 Å². The molecule has 0 fully saturated rings. The third-order valence-electron chi connectivity index (χ3n) is 2.51. The van der Waals surface area contributed by atoms with E-state index in [0.717, 1.165) is 0 Å². The number of aromatic nitrogens is 1. The van der Waals surface area contributed by atoms with Crippen LogP contribution in [0.2, 0.25) is 5.02 Å². The zero-order valence-electron chi connectivity index (χ0n) is 9.74. The first-order valence-corrected chi connectivity index (χ1v) is 5.43. The van der Waals surface area contributed by atoms with Gasteiger partial charge in [0.2, 0.25) is 0 Å². The summed E-state index contributed by atoms with van der Waals surface area (Å²) in [6, 6.07) is 4.24. The lowest BCUT2D eigenvalue weighted by Gasteiger charge is -2.06. The van der Waals surface area contributed by atoms with Crippen LogP contribution in [0.3, 0.4) is 0 Å². The van der Waals surface area contributed by atoms with E-state index in [2.05, 4.69) is 9.72 Å². The van der Waals surface area contributed by atoms with E-state index >= 15 is 0 Å². The van der Waals surface area contributed by atoms with E-state index in [1.807, 2.05) is 0 Å². The average molecular weight is 268 g/mol. The van der Waals surface area contributed by atoms with Crippen LogP contribution in [0.4, 0.5) is 0 Å². The molecule has 18 heavy (non-hydrogen) atoms. The average Bonchev–Trinajstić information content (AvgIpc) is 2.36. The lowest BCUT2D eigenvalue weighted by Crippen LogP contribution is -2.11. The molecule has 1 heterocycles. The van der Waals surface area contributed by atoms with Crippen LogP contribution in [0.1, 0.15) is 10.5 Å². The first kappa shape index (κ1) is 12.4. The number of carbonyl (C=O) groups is 1. The molecule has 0 aliphatic carbocycles. The fourth-order valence-corrected chi connectivity index (χ4v) is 1.87. The second-order valence-electron chi connectivity index (χ2n) is 3.57. The molecule has 94 valence electrons. The highest BCUT2D eigenvalue weighted by molar-refractivity contribution is 6.32. The standard InChI is InChI=1S/C12H10ClNO4/c1-17-11-3-6-8(4-7(11)13)14-9(5-10(6)15)12(16)18-2/h3-5H,1-2H3,(H,14,15). The van der Waals surface area contributed by atoms with Gasteiger partial charge in [0.05, 0.1) is 24.8 Å². The van der Waals surface area contributed by atoms with E-state index in [-0.39, 0.29) is 11.1 Å². The molecule has 0 aliphatic rings. The first-order chi connectivity index (χ1) is 8.56. The first-order valence-electron chi connectivity index (χ1n) is 5.05. The SMILES string of the molecule is COC(=O)c1cc(=O)c2cc(OC)c(Cl)cc2[nH]1. The summed E-state index contributed by atoms with van der Waals surface area (Å²) in [4.78, 5) is 26.0. The zero-order valence-corrected chi connectivity index (χ0v) is 10.5. The molecule has 5 nitrogen and oxygen atoms in total. The van der Waals surface area contributed by atoms with Crippen LogP contribution in [0, 0.1) is 0 Å². The van der Waals surface area contributed by atoms with Crippen LogP contribution in [-0.2, 0) is 4.74 Å². The fourth-order valence-electron chi connectivity index (χ4n) is 1.63. The van der Waals surface area contributed by atoms with E-state index in [4.69, 9.17) is 16.3 Å². The Morgan fingerprint density at radius 1 is 1.28 bits per heavy atom. The van der Waals surface area contributed by atoms with Crippen LogP contribution in [0.25, 0.3) is 10.9 Å². The predicted molar refractivity (Wildman–Crippen MR) is 67.5 cm³/mol. The number of ether oxygens (including phenoxy) is 2. The molecule has 1 aromatic carbocycles. The molecular weight excluding hydrogens is 258 g/mol. The largest absolute Gasteiger partial charge is 0.495 e. The maximum absolute atomic E-state index is 11.9. The quantitative estimate of drug-likeness (QED) is 0.845. The minimum atomic E-state index is -0.610. The second kappa shape index (κ2) is 4.70. The van der Waals surface area contributed by atoms with Gasteiger partial charge in [-0.2, -0.15) is 0 Å². The molecule has 0 saturated heterocycles. The molecule has 6 heteroatoms. The summed E-state index contributed by atoms with van der Waals surface area (Å²) < 4.78 is 9.58. The van der Waals surface area contributed by atoms with Crippen molar-refractivity contribution < 1.29 is 14.3 Å². The lowest BCUT2D eigenvalue weighted by molar-refractivity contribution is 0.0594. The molecule has 0 atom stereocenters. The molecule has 2 rings (SSSR count). The summed E-state index contributed by atoms with van der Waals surface area (Å²) in [5.41, 5.74) is 0.226. The summed E-state index contributed by atoms with van der Waals surface area (Å²) in [5.74, 6) is -0.207. The number of esters is 1. The van der Waals surface area contributed by atoms with Crippen molar-refractivity contribution in [3.05, 3.63) is 39.1 Å². The Bertz CT molecular complexity index is 678. The summed E-state index contributed by atoms with van der Waals surface area (Å²) in [5, 5.41) is 0.742. The van der Waals surface area contributed by atoms with E-state index in [0.29, 0.717) is 21.7 Å². The van der Waals surface area contributed by atoms with Gasteiger partial charge in [-0.05, 0) is 12.1 Å². The number of carbonyl (C=O) groups excluding carboxylic acids is 1. The van der Waals surface area contributed by atoms with Gasteiger partial charge < -0.3 is 14.5 Å². The van der Waals surface area contributed by atoms with E-state index in [9.17, 15) is 9.59 Å². The van der Waals surface area contributed by atoms with Crippen LogP contribution in [-0.4, -0.2) is 25.2 Å². The van der Waals surface area contributed by atoms with Crippen molar-refractivity contribution in [2.75, 3.05) is 14.2 Å². The highest BCUT2D eigenvalue weighted by Crippen LogP contribution is 2.27. The number of benzene rings is 1. The molecule has 0 unspecified atom stereocenters. The highest BCUT2D eigenvalue weighted by Gasteiger charge is 2.12. The smallest absolute Gasteiger partial charge is 0.354 e. The lowest BCUT2D eigenvalue weighted by atomic mass is 10.2. The number of methoxy groups -OCH3 is 2. The molecule has 0 aliphatic heterocycles. The number of aromatic amines is 1. The second-order valence-corrected chi connectivity index (χ2v) is 3.98. The number of rotatable bonds is 2. The van der Waals surface area contributed by atoms with E-state index in [1.54, 1.807) is 0 Å². The third kappa shape index (κ3) is 2.04. The molecule has 0 spiro atoms. The molecule has 0 saturated carbocycles. The molecule has 0 bridgehead atoms. The van der Waals surface area contributed by atoms with Crippen LogP contribution in [0.5, 0.6) is 5.75 Å². The van der Waals surface area contributed by atoms with Crippen LogP contribution >= 0.6 is 11.6 Å². The van der Waals surface area contributed by atoms with Gasteiger partial charge in [-0.1, -0.05) is 11.6 Å². The van der Waals surface area contributed by atoms with Gasteiger partial charge >= 0.3 is 5.97 Å². The van der Waals surface area contributed by atoms with E-state index in [1.165, 1.54) is 32.4 Å². The van der Waals surface area contributed by atoms with Gasteiger partial charge in [0.1, 0.15) is 11.4 Å². The Balaban J connectivity index is 2.74. The van der Waals surface area contributed by atoms with Gasteiger partial charge in [0.15, 0.2) is 5.43 Å². The van der Waals surface area contributed by atoms with Gasteiger partial charge in [-0.25, -0.2) is 4.79 Å².